The second-order valence-electron chi connectivity index (χ2n) is 7.85. The molecule has 1 heterocycles. The van der Waals surface area contributed by atoms with Crippen molar-refractivity contribution in [2.75, 3.05) is 13.2 Å². The number of hydrogen-bond acceptors (Lipinski definition) is 3. The monoisotopic (exact) mass is 371 g/mol. The summed E-state index contributed by atoms with van der Waals surface area (Å²) < 4.78 is 5.76. The molecule has 1 atom stereocenters. The van der Waals surface area contributed by atoms with Crippen LogP contribution in [0.1, 0.15) is 25.8 Å². The smallest absolute Gasteiger partial charge is 0.226 e. The summed E-state index contributed by atoms with van der Waals surface area (Å²) in [6.45, 7) is 5.62. The van der Waals surface area contributed by atoms with Gasteiger partial charge in [-0.3, -0.25) is 4.79 Å². The van der Waals surface area contributed by atoms with Crippen LogP contribution in [0, 0.1) is 11.3 Å². The van der Waals surface area contributed by atoms with Crippen molar-refractivity contribution in [3.05, 3.63) is 47.0 Å². The SMILES string of the molecule is CC1(C)C[C@@H]1C(=O)N1CCOc2c(O)cc(-c3cccc(Cl)c3)cc2C1. The number of rotatable bonds is 2. The standard InChI is InChI=1S/C21H22ClNO3/c1-21(2)11-17(21)20(25)23-6-7-26-19-15(12-23)8-14(10-18(19)24)13-4-3-5-16(22)9-13/h3-5,8-10,17,24H,6-7,11-12H2,1-2H3/t17-/m1/s1. The number of aromatic hydroxyl groups is 1. The van der Waals surface area contributed by atoms with E-state index in [1.54, 1.807) is 6.07 Å². The Morgan fingerprint density at radius 1 is 1.27 bits per heavy atom. The Hall–Kier alpha value is -2.20. The van der Waals surface area contributed by atoms with E-state index in [-0.39, 0.29) is 23.0 Å². The van der Waals surface area contributed by atoms with Crippen molar-refractivity contribution >= 4 is 17.5 Å². The summed E-state index contributed by atoms with van der Waals surface area (Å²) in [5, 5.41) is 11.1. The first-order valence-electron chi connectivity index (χ1n) is 8.88. The van der Waals surface area contributed by atoms with Gasteiger partial charge in [-0.1, -0.05) is 37.6 Å². The van der Waals surface area contributed by atoms with Gasteiger partial charge in [0, 0.05) is 23.0 Å². The largest absolute Gasteiger partial charge is 0.504 e. The normalized spacial score (nSPS) is 20.7. The molecule has 1 fully saturated rings. The molecule has 1 aliphatic carbocycles. The zero-order valence-electron chi connectivity index (χ0n) is 15.0. The van der Waals surface area contributed by atoms with E-state index in [2.05, 4.69) is 13.8 Å². The van der Waals surface area contributed by atoms with Crippen LogP contribution < -0.4 is 4.74 Å². The average molecular weight is 372 g/mol. The number of phenolic OH excluding ortho intramolecular Hbond substituents is 1. The third-order valence-corrected chi connectivity index (χ3v) is 5.63. The summed E-state index contributed by atoms with van der Waals surface area (Å²) in [7, 11) is 0. The minimum absolute atomic E-state index is 0.0914. The lowest BCUT2D eigenvalue weighted by Gasteiger charge is -2.21. The highest BCUT2D eigenvalue weighted by atomic mass is 35.5. The first-order chi connectivity index (χ1) is 12.3. The van der Waals surface area contributed by atoms with E-state index in [9.17, 15) is 9.90 Å². The molecule has 0 saturated heterocycles. The van der Waals surface area contributed by atoms with Crippen molar-refractivity contribution in [3.8, 4) is 22.6 Å². The summed E-state index contributed by atoms with van der Waals surface area (Å²) in [6.07, 6.45) is 0.934. The molecule has 136 valence electrons. The highest BCUT2D eigenvalue weighted by molar-refractivity contribution is 6.30. The maximum Gasteiger partial charge on any atom is 0.226 e. The van der Waals surface area contributed by atoms with Gasteiger partial charge >= 0.3 is 0 Å². The molecular formula is C21H22ClNO3. The van der Waals surface area contributed by atoms with Crippen molar-refractivity contribution in [1.82, 2.24) is 4.90 Å². The van der Waals surface area contributed by atoms with E-state index in [1.807, 2.05) is 35.2 Å². The quantitative estimate of drug-likeness (QED) is 0.846. The van der Waals surface area contributed by atoms with Gasteiger partial charge in [0.05, 0.1) is 6.54 Å². The molecule has 4 rings (SSSR count). The molecule has 2 aromatic carbocycles. The number of amides is 1. The third-order valence-electron chi connectivity index (χ3n) is 5.40. The van der Waals surface area contributed by atoms with Crippen molar-refractivity contribution in [2.24, 2.45) is 11.3 Å². The summed E-state index contributed by atoms with van der Waals surface area (Å²) in [4.78, 5) is 14.7. The molecule has 5 heteroatoms. The molecule has 1 N–H and O–H groups in total. The lowest BCUT2D eigenvalue weighted by molar-refractivity contribution is -0.134. The van der Waals surface area contributed by atoms with Gasteiger partial charge in [-0.2, -0.15) is 0 Å². The summed E-state index contributed by atoms with van der Waals surface area (Å²) in [5.74, 6) is 0.840. The minimum Gasteiger partial charge on any atom is -0.504 e. The molecule has 1 saturated carbocycles. The fraction of sp³-hybridized carbons (Fsp3) is 0.381. The van der Waals surface area contributed by atoms with E-state index < -0.39 is 0 Å². The fourth-order valence-electron chi connectivity index (χ4n) is 3.63. The maximum atomic E-state index is 12.8. The summed E-state index contributed by atoms with van der Waals surface area (Å²) >= 11 is 6.10. The number of carbonyl (C=O) groups is 1. The third kappa shape index (κ3) is 3.14. The molecule has 0 spiro atoms. The minimum atomic E-state index is 0.0914. The molecule has 0 bridgehead atoms. The van der Waals surface area contributed by atoms with E-state index in [4.69, 9.17) is 16.3 Å². The number of halogens is 1. The van der Waals surface area contributed by atoms with Crippen LogP contribution in [0.25, 0.3) is 11.1 Å². The van der Waals surface area contributed by atoms with Gasteiger partial charge in [0.2, 0.25) is 5.91 Å². The molecule has 1 amide bonds. The number of phenols is 1. The van der Waals surface area contributed by atoms with Gasteiger partial charge in [-0.15, -0.1) is 0 Å². The first-order valence-corrected chi connectivity index (χ1v) is 9.26. The van der Waals surface area contributed by atoms with Crippen LogP contribution in [0.3, 0.4) is 0 Å². The Bertz CT molecular complexity index is 878. The molecule has 0 unspecified atom stereocenters. The highest BCUT2D eigenvalue weighted by Gasteiger charge is 2.52. The van der Waals surface area contributed by atoms with E-state index in [1.165, 1.54) is 0 Å². The molecule has 2 aromatic rings. The molecule has 0 aromatic heterocycles. The Morgan fingerprint density at radius 2 is 2.04 bits per heavy atom. The lowest BCUT2D eigenvalue weighted by Crippen LogP contribution is -2.34. The summed E-state index contributed by atoms with van der Waals surface area (Å²) in [5.41, 5.74) is 2.69. The van der Waals surface area contributed by atoms with Gasteiger partial charge in [0.1, 0.15) is 6.61 Å². The Morgan fingerprint density at radius 3 is 2.73 bits per heavy atom. The Kier molecular flexibility index (Phi) is 4.11. The molecule has 26 heavy (non-hydrogen) atoms. The number of hydrogen-bond donors (Lipinski definition) is 1. The van der Waals surface area contributed by atoms with E-state index in [0.29, 0.717) is 30.5 Å². The van der Waals surface area contributed by atoms with Crippen LogP contribution in [0.5, 0.6) is 11.5 Å². The van der Waals surface area contributed by atoms with Crippen molar-refractivity contribution in [1.29, 1.82) is 0 Å². The molecule has 2 aliphatic rings. The van der Waals surface area contributed by atoms with Gasteiger partial charge in [0.25, 0.3) is 0 Å². The topological polar surface area (TPSA) is 49.8 Å². The van der Waals surface area contributed by atoms with Crippen LogP contribution in [-0.4, -0.2) is 29.1 Å². The van der Waals surface area contributed by atoms with Crippen LogP contribution in [-0.2, 0) is 11.3 Å². The predicted octanol–water partition coefficient (Wildman–Crippen LogP) is 4.48. The fourth-order valence-corrected chi connectivity index (χ4v) is 3.82. The lowest BCUT2D eigenvalue weighted by atomic mass is 10.0. The van der Waals surface area contributed by atoms with Crippen LogP contribution in [0.2, 0.25) is 5.02 Å². The first kappa shape index (κ1) is 17.2. The summed E-state index contributed by atoms with van der Waals surface area (Å²) in [6, 6.07) is 11.2. The Balaban J connectivity index is 1.67. The van der Waals surface area contributed by atoms with E-state index >= 15 is 0 Å². The van der Waals surface area contributed by atoms with Crippen molar-refractivity contribution in [3.63, 3.8) is 0 Å². The van der Waals surface area contributed by atoms with Crippen LogP contribution in [0.15, 0.2) is 36.4 Å². The number of carbonyl (C=O) groups excluding carboxylic acids is 1. The Labute approximate surface area is 158 Å². The predicted molar refractivity (Wildman–Crippen MR) is 101 cm³/mol. The van der Waals surface area contributed by atoms with Gasteiger partial charge in [-0.25, -0.2) is 0 Å². The van der Waals surface area contributed by atoms with Crippen molar-refractivity contribution < 1.29 is 14.6 Å². The zero-order chi connectivity index (χ0) is 18.5. The molecule has 1 aliphatic heterocycles. The van der Waals surface area contributed by atoms with Crippen LogP contribution >= 0.6 is 11.6 Å². The second-order valence-corrected chi connectivity index (χ2v) is 8.28. The average Bonchev–Trinajstić information content (AvgIpc) is 3.28. The molecule has 0 radical (unpaired) electrons. The van der Waals surface area contributed by atoms with Crippen molar-refractivity contribution in [2.45, 2.75) is 26.8 Å². The number of benzene rings is 2. The van der Waals surface area contributed by atoms with E-state index in [0.717, 1.165) is 23.1 Å². The maximum absolute atomic E-state index is 12.8. The van der Waals surface area contributed by atoms with Crippen LogP contribution in [0.4, 0.5) is 0 Å². The highest BCUT2D eigenvalue weighted by Crippen LogP contribution is 2.52. The van der Waals surface area contributed by atoms with Gasteiger partial charge in [0.15, 0.2) is 11.5 Å². The molecule has 4 nitrogen and oxygen atoms in total. The zero-order valence-corrected chi connectivity index (χ0v) is 15.7. The molecular weight excluding hydrogens is 350 g/mol. The number of ether oxygens (including phenoxy) is 1. The van der Waals surface area contributed by atoms with Gasteiger partial charge in [-0.05, 0) is 47.2 Å². The second kappa shape index (κ2) is 6.20. The number of nitrogens with zero attached hydrogens (tertiary/aromatic N) is 1. The number of fused-ring (bicyclic) bond motifs is 1. The van der Waals surface area contributed by atoms with Gasteiger partial charge < -0.3 is 14.7 Å².